The third-order valence-electron chi connectivity index (χ3n) is 7.57. The summed E-state index contributed by atoms with van der Waals surface area (Å²) in [4.78, 5) is 12.2. The molecule has 2 aliphatic carbocycles. The molecule has 0 saturated heterocycles. The predicted octanol–water partition coefficient (Wildman–Crippen LogP) is 6.07. The summed E-state index contributed by atoms with van der Waals surface area (Å²) in [5, 5.41) is 23.6. The minimum atomic E-state index is -0.363. The average molecular weight is 499 g/mol. The van der Waals surface area contributed by atoms with Crippen LogP contribution in [-0.4, -0.2) is 26.5 Å². The van der Waals surface area contributed by atoms with Crippen molar-refractivity contribution >= 4 is 28.8 Å². The average Bonchev–Trinajstić information content (AvgIpc) is 3.65. The van der Waals surface area contributed by atoms with Gasteiger partial charge < -0.3 is 9.47 Å². The van der Waals surface area contributed by atoms with E-state index in [0.29, 0.717) is 35.6 Å². The van der Waals surface area contributed by atoms with Crippen molar-refractivity contribution in [3.8, 4) is 16.5 Å². The van der Waals surface area contributed by atoms with Gasteiger partial charge in [0.1, 0.15) is 5.75 Å². The maximum atomic E-state index is 11.5. The number of nitro groups is 1. The lowest BCUT2D eigenvalue weighted by molar-refractivity contribution is -0.385. The molecule has 8 nitrogen and oxygen atoms in total. The lowest BCUT2D eigenvalue weighted by atomic mass is 9.84. The van der Waals surface area contributed by atoms with Gasteiger partial charge in [-0.1, -0.05) is 24.2 Å². The van der Waals surface area contributed by atoms with Crippen molar-refractivity contribution in [3.63, 3.8) is 0 Å². The summed E-state index contributed by atoms with van der Waals surface area (Å²) >= 11 is 3.24. The van der Waals surface area contributed by atoms with Crippen molar-refractivity contribution in [2.24, 2.45) is 17.8 Å². The van der Waals surface area contributed by atoms with Crippen LogP contribution in [0.2, 0.25) is 0 Å². The van der Waals surface area contributed by atoms with Gasteiger partial charge in [0.15, 0.2) is 17.8 Å². The lowest BCUT2D eigenvalue weighted by Gasteiger charge is -2.30. The Labute approximate surface area is 205 Å². The van der Waals surface area contributed by atoms with Crippen molar-refractivity contribution in [1.82, 2.24) is 14.8 Å². The molecule has 2 saturated carbocycles. The Balaban J connectivity index is 1.33. The standard InChI is InChI=1S/C24H26N4O4S2/c1-14(20-8-15-4-5-16(20)7-15)27-23(21-3-2-6-33-21)25-26-24(27)34-12-18-10-19(28(29)30)9-17-11-31-13-32-22(17)18/h2-3,6,9-10,14-16,20H,4-5,7-8,11-13H2,1H3. The van der Waals surface area contributed by atoms with Crippen LogP contribution in [0.15, 0.2) is 34.8 Å². The molecule has 10 heteroatoms. The number of hydrogen-bond donors (Lipinski definition) is 0. The van der Waals surface area contributed by atoms with Gasteiger partial charge in [-0.05, 0) is 55.4 Å². The molecular weight excluding hydrogens is 472 g/mol. The zero-order chi connectivity index (χ0) is 23.2. The number of rotatable bonds is 7. The quantitative estimate of drug-likeness (QED) is 0.222. The number of hydrogen-bond acceptors (Lipinski definition) is 8. The molecule has 1 aliphatic heterocycles. The minimum Gasteiger partial charge on any atom is -0.467 e. The molecule has 2 bridgehead atoms. The van der Waals surface area contributed by atoms with E-state index in [4.69, 9.17) is 9.47 Å². The van der Waals surface area contributed by atoms with E-state index in [0.717, 1.165) is 33.3 Å². The number of non-ortho nitro benzene ring substituents is 1. The second kappa shape index (κ2) is 8.98. The van der Waals surface area contributed by atoms with Crippen LogP contribution >= 0.6 is 23.1 Å². The minimum absolute atomic E-state index is 0.0551. The summed E-state index contributed by atoms with van der Waals surface area (Å²) < 4.78 is 13.4. The Morgan fingerprint density at radius 2 is 2.24 bits per heavy atom. The Morgan fingerprint density at radius 1 is 1.32 bits per heavy atom. The van der Waals surface area contributed by atoms with E-state index in [1.165, 1.54) is 31.7 Å². The van der Waals surface area contributed by atoms with Gasteiger partial charge in [0.2, 0.25) is 0 Å². The van der Waals surface area contributed by atoms with Gasteiger partial charge in [-0.2, -0.15) is 0 Å². The highest BCUT2D eigenvalue weighted by Gasteiger charge is 2.43. The van der Waals surface area contributed by atoms with Crippen LogP contribution in [0.5, 0.6) is 5.75 Å². The molecule has 178 valence electrons. The van der Waals surface area contributed by atoms with E-state index in [2.05, 4.69) is 33.1 Å². The number of thioether (sulfide) groups is 1. The van der Waals surface area contributed by atoms with Crippen LogP contribution in [0, 0.1) is 27.9 Å². The molecule has 2 fully saturated rings. The Hall–Kier alpha value is -2.43. The van der Waals surface area contributed by atoms with Gasteiger partial charge >= 0.3 is 0 Å². The van der Waals surface area contributed by atoms with Crippen molar-refractivity contribution in [1.29, 1.82) is 0 Å². The van der Waals surface area contributed by atoms with Crippen LogP contribution in [0.1, 0.15) is 49.8 Å². The zero-order valence-electron chi connectivity index (χ0n) is 18.9. The summed E-state index contributed by atoms with van der Waals surface area (Å²) in [6.07, 6.45) is 5.34. The highest BCUT2D eigenvalue weighted by molar-refractivity contribution is 7.98. The maximum absolute atomic E-state index is 11.5. The fourth-order valence-corrected chi connectivity index (χ4v) is 7.72. The van der Waals surface area contributed by atoms with E-state index in [9.17, 15) is 10.1 Å². The summed E-state index contributed by atoms with van der Waals surface area (Å²) in [6.45, 7) is 2.78. The molecule has 0 spiro atoms. The van der Waals surface area contributed by atoms with Gasteiger partial charge in [0.05, 0.1) is 16.4 Å². The molecule has 34 heavy (non-hydrogen) atoms. The Morgan fingerprint density at radius 3 is 2.97 bits per heavy atom. The van der Waals surface area contributed by atoms with Crippen LogP contribution in [0.3, 0.4) is 0 Å². The van der Waals surface area contributed by atoms with E-state index in [1.807, 2.05) is 6.07 Å². The summed E-state index contributed by atoms with van der Waals surface area (Å²) in [5.41, 5.74) is 1.56. The molecule has 4 atom stereocenters. The van der Waals surface area contributed by atoms with Crippen LogP contribution in [-0.2, 0) is 17.1 Å². The van der Waals surface area contributed by atoms with Crippen molar-refractivity contribution in [3.05, 3.63) is 50.9 Å². The van der Waals surface area contributed by atoms with Crippen LogP contribution < -0.4 is 4.74 Å². The number of thiophene rings is 1. The Kier molecular flexibility index (Phi) is 5.82. The fourth-order valence-electron chi connectivity index (χ4n) is 6.03. The largest absolute Gasteiger partial charge is 0.467 e. The molecule has 3 heterocycles. The summed E-state index contributed by atoms with van der Waals surface area (Å²) in [7, 11) is 0. The molecule has 4 unspecified atom stereocenters. The van der Waals surface area contributed by atoms with Gasteiger partial charge in [0, 0.05) is 35.1 Å². The number of benzene rings is 1. The topological polar surface area (TPSA) is 92.3 Å². The maximum Gasteiger partial charge on any atom is 0.270 e. The summed E-state index contributed by atoms with van der Waals surface area (Å²) in [6, 6.07) is 7.59. The number of nitro benzene ring substituents is 1. The molecular formula is C24H26N4O4S2. The van der Waals surface area contributed by atoms with Gasteiger partial charge in [-0.25, -0.2) is 0 Å². The number of aromatic nitrogens is 3. The van der Waals surface area contributed by atoms with Gasteiger partial charge in [-0.15, -0.1) is 21.5 Å². The first kappa shape index (κ1) is 22.1. The van der Waals surface area contributed by atoms with Gasteiger partial charge in [0.25, 0.3) is 5.69 Å². The highest BCUT2D eigenvalue weighted by Crippen LogP contribution is 2.53. The fraction of sp³-hybridized carbons (Fsp3) is 0.500. The normalized spacial score (nSPS) is 24.1. The highest BCUT2D eigenvalue weighted by atomic mass is 32.2. The molecule has 3 aromatic rings. The summed E-state index contributed by atoms with van der Waals surface area (Å²) in [5.74, 6) is 4.41. The second-order valence-electron chi connectivity index (χ2n) is 9.48. The molecule has 6 rings (SSSR count). The predicted molar refractivity (Wildman–Crippen MR) is 130 cm³/mol. The second-order valence-corrected chi connectivity index (χ2v) is 11.4. The van der Waals surface area contributed by atoms with Crippen molar-refractivity contribution in [2.75, 3.05) is 6.79 Å². The Bertz CT molecular complexity index is 1210. The van der Waals surface area contributed by atoms with E-state index >= 15 is 0 Å². The zero-order valence-corrected chi connectivity index (χ0v) is 20.5. The first-order valence-corrected chi connectivity index (χ1v) is 13.6. The van der Waals surface area contributed by atoms with Crippen molar-refractivity contribution < 1.29 is 14.4 Å². The van der Waals surface area contributed by atoms with E-state index in [-0.39, 0.29) is 17.4 Å². The number of nitrogens with zero attached hydrogens (tertiary/aromatic N) is 4. The third kappa shape index (κ3) is 3.91. The number of ether oxygens (including phenoxy) is 2. The first-order chi connectivity index (χ1) is 16.6. The van der Waals surface area contributed by atoms with Crippen LogP contribution in [0.25, 0.3) is 10.7 Å². The molecule has 3 aliphatic rings. The molecule has 0 amide bonds. The first-order valence-electron chi connectivity index (χ1n) is 11.7. The molecule has 1 aromatic carbocycles. The molecule has 0 radical (unpaired) electrons. The number of fused-ring (bicyclic) bond motifs is 3. The molecule has 2 aromatic heterocycles. The van der Waals surface area contributed by atoms with Crippen LogP contribution in [0.4, 0.5) is 5.69 Å². The van der Waals surface area contributed by atoms with E-state index < -0.39 is 0 Å². The van der Waals surface area contributed by atoms with E-state index in [1.54, 1.807) is 29.2 Å². The molecule has 0 N–H and O–H groups in total. The third-order valence-corrected chi connectivity index (χ3v) is 9.42. The monoisotopic (exact) mass is 498 g/mol. The van der Waals surface area contributed by atoms with Crippen molar-refractivity contribution in [2.45, 2.75) is 56.2 Å². The lowest BCUT2D eigenvalue weighted by Crippen LogP contribution is -2.23. The smallest absolute Gasteiger partial charge is 0.270 e. The van der Waals surface area contributed by atoms with Gasteiger partial charge in [-0.3, -0.25) is 14.7 Å². The SMILES string of the molecule is CC(C1CC2CCC1C2)n1c(SCc2cc([N+](=O)[O-])cc3c2OCOC3)nnc1-c1cccs1.